The standard InChI is InChI=1S/C29H23N7O5/c1-41-23-12-6-19(7-13-23)15-35-28-25(31-29(35)38)24-27(32-26(33-28)21-8-10-22(11-9-21)36(39)40)34(17-30-24)14-18-2-4-20(16-37)5-3-18/h2-13,17,37H,14-16H2,1H3. The minimum Gasteiger partial charge on any atom is -0.497 e. The molecule has 12 heteroatoms. The van der Waals surface area contributed by atoms with Crippen molar-refractivity contribution in [3.05, 3.63) is 116 Å². The van der Waals surface area contributed by atoms with Crippen LogP contribution in [0.4, 0.5) is 5.69 Å². The number of fused-ring (bicyclic) bond motifs is 3. The van der Waals surface area contributed by atoms with E-state index in [2.05, 4.69) is 9.97 Å². The van der Waals surface area contributed by atoms with E-state index in [0.717, 1.165) is 16.7 Å². The van der Waals surface area contributed by atoms with Crippen LogP contribution >= 0.6 is 0 Å². The first kappa shape index (κ1) is 25.8. The van der Waals surface area contributed by atoms with Gasteiger partial charge in [0.2, 0.25) is 0 Å². The third kappa shape index (κ3) is 4.99. The first-order valence-corrected chi connectivity index (χ1v) is 12.6. The summed E-state index contributed by atoms with van der Waals surface area (Å²) in [7, 11) is 1.58. The van der Waals surface area contributed by atoms with Gasteiger partial charge < -0.3 is 14.4 Å². The van der Waals surface area contributed by atoms with Gasteiger partial charge in [-0.05, 0) is 41.0 Å². The number of aromatic nitrogens is 6. The minimum atomic E-state index is -0.486. The lowest BCUT2D eigenvalue weighted by molar-refractivity contribution is -0.384. The van der Waals surface area contributed by atoms with E-state index in [-0.39, 0.29) is 24.7 Å². The summed E-state index contributed by atoms with van der Waals surface area (Å²) in [6, 6.07) is 20.7. The molecule has 0 saturated carbocycles. The summed E-state index contributed by atoms with van der Waals surface area (Å²) in [5, 5.41) is 20.6. The molecule has 0 amide bonds. The van der Waals surface area contributed by atoms with E-state index in [4.69, 9.17) is 14.7 Å². The molecule has 0 saturated heterocycles. The average molecular weight is 550 g/mol. The fraction of sp³-hybridized carbons (Fsp3) is 0.138. The van der Waals surface area contributed by atoms with E-state index in [1.54, 1.807) is 25.6 Å². The van der Waals surface area contributed by atoms with Crippen LogP contribution in [0.2, 0.25) is 0 Å². The molecule has 0 unspecified atom stereocenters. The molecule has 1 N–H and O–H groups in total. The number of non-ortho nitro benzene ring substituents is 1. The van der Waals surface area contributed by atoms with Crippen molar-refractivity contribution in [3.8, 4) is 28.7 Å². The Bertz CT molecular complexity index is 1900. The largest absolute Gasteiger partial charge is 0.497 e. The molecule has 1 aromatic heterocycles. The first-order valence-electron chi connectivity index (χ1n) is 12.6. The molecule has 0 bridgehead atoms. The summed E-state index contributed by atoms with van der Waals surface area (Å²) in [4.78, 5) is 42.4. The molecule has 0 atom stereocenters. The number of hydrogen-bond acceptors (Lipinski definition) is 9. The van der Waals surface area contributed by atoms with Gasteiger partial charge in [-0.1, -0.05) is 36.4 Å². The van der Waals surface area contributed by atoms with Crippen molar-refractivity contribution in [2.24, 2.45) is 0 Å². The molecule has 41 heavy (non-hydrogen) atoms. The third-order valence-electron chi connectivity index (χ3n) is 6.76. The highest BCUT2D eigenvalue weighted by Gasteiger charge is 2.24. The summed E-state index contributed by atoms with van der Waals surface area (Å²) in [6.07, 6.45) is 1.63. The average Bonchev–Trinajstić information content (AvgIpc) is 3.47. The van der Waals surface area contributed by atoms with Crippen LogP contribution in [0.1, 0.15) is 16.7 Å². The highest BCUT2D eigenvalue weighted by atomic mass is 16.6. The molecule has 0 fully saturated rings. The quantitative estimate of drug-likeness (QED) is 0.221. The normalized spacial score (nSPS) is 11.3. The van der Waals surface area contributed by atoms with Gasteiger partial charge in [0.1, 0.15) is 17.0 Å². The monoisotopic (exact) mass is 549 g/mol. The van der Waals surface area contributed by atoms with Gasteiger partial charge in [-0.15, -0.1) is 0 Å². The zero-order valence-corrected chi connectivity index (χ0v) is 21.8. The van der Waals surface area contributed by atoms with E-state index in [1.165, 1.54) is 16.7 Å². The van der Waals surface area contributed by atoms with Crippen LogP contribution in [0, 0.1) is 10.1 Å². The van der Waals surface area contributed by atoms with E-state index < -0.39 is 10.6 Å². The predicted octanol–water partition coefficient (Wildman–Crippen LogP) is 3.66. The van der Waals surface area contributed by atoms with Crippen LogP contribution in [0.3, 0.4) is 0 Å². The molecule has 6 rings (SSSR count). The number of nitro benzene ring substituents is 1. The van der Waals surface area contributed by atoms with Gasteiger partial charge in [-0.3, -0.25) is 14.7 Å². The summed E-state index contributed by atoms with van der Waals surface area (Å²) >= 11 is 0. The Morgan fingerprint density at radius 2 is 1.54 bits per heavy atom. The Labute approximate surface area is 232 Å². The number of hydrogen-bond donors (Lipinski definition) is 1. The molecule has 204 valence electrons. The number of nitro groups is 1. The van der Waals surface area contributed by atoms with Crippen molar-refractivity contribution in [2.75, 3.05) is 7.11 Å². The molecule has 2 aliphatic heterocycles. The second-order valence-corrected chi connectivity index (χ2v) is 9.37. The summed E-state index contributed by atoms with van der Waals surface area (Å²) in [6.45, 7) is 0.567. The van der Waals surface area contributed by atoms with Crippen LogP contribution in [-0.4, -0.2) is 46.2 Å². The van der Waals surface area contributed by atoms with Gasteiger partial charge in [0.05, 0.1) is 38.1 Å². The lowest BCUT2D eigenvalue weighted by Crippen LogP contribution is -2.18. The van der Waals surface area contributed by atoms with E-state index in [0.29, 0.717) is 40.5 Å². The second-order valence-electron chi connectivity index (χ2n) is 9.37. The Morgan fingerprint density at radius 3 is 2.20 bits per heavy atom. The molecule has 12 nitrogen and oxygen atoms in total. The van der Waals surface area contributed by atoms with Crippen molar-refractivity contribution in [1.82, 2.24) is 29.1 Å². The molecular weight excluding hydrogens is 526 g/mol. The molecule has 0 spiro atoms. The molecule has 3 aromatic carbocycles. The van der Waals surface area contributed by atoms with Crippen LogP contribution < -0.4 is 10.4 Å². The van der Waals surface area contributed by atoms with Gasteiger partial charge in [-0.2, -0.15) is 4.98 Å². The number of nitrogens with zero attached hydrogens (tertiary/aromatic N) is 7. The number of imidazole rings is 2. The van der Waals surface area contributed by atoms with E-state index >= 15 is 0 Å². The van der Waals surface area contributed by atoms with Crippen LogP contribution in [0.25, 0.3) is 34.1 Å². The van der Waals surface area contributed by atoms with Gasteiger partial charge in [0.15, 0.2) is 17.3 Å². The van der Waals surface area contributed by atoms with Gasteiger partial charge in [0.25, 0.3) is 5.69 Å². The lowest BCUT2D eigenvalue weighted by Gasteiger charge is -2.06. The maximum absolute atomic E-state index is 13.2. The van der Waals surface area contributed by atoms with Crippen LogP contribution in [0.5, 0.6) is 5.75 Å². The number of aliphatic hydroxyl groups excluding tert-OH is 1. The van der Waals surface area contributed by atoms with Crippen molar-refractivity contribution in [3.63, 3.8) is 0 Å². The Kier molecular flexibility index (Phi) is 6.65. The van der Waals surface area contributed by atoms with Gasteiger partial charge >= 0.3 is 5.69 Å². The van der Waals surface area contributed by atoms with Gasteiger partial charge in [0, 0.05) is 17.7 Å². The van der Waals surface area contributed by atoms with E-state index in [9.17, 15) is 20.0 Å². The van der Waals surface area contributed by atoms with Crippen molar-refractivity contribution in [2.45, 2.75) is 19.7 Å². The maximum atomic E-state index is 13.2. The predicted molar refractivity (Wildman–Crippen MR) is 150 cm³/mol. The van der Waals surface area contributed by atoms with Crippen molar-refractivity contribution >= 4 is 16.9 Å². The maximum Gasteiger partial charge on any atom is 0.350 e. The minimum absolute atomic E-state index is 0.0510. The fourth-order valence-electron chi connectivity index (χ4n) is 4.56. The van der Waals surface area contributed by atoms with Crippen molar-refractivity contribution in [1.29, 1.82) is 0 Å². The number of rotatable bonds is 8. The fourth-order valence-corrected chi connectivity index (χ4v) is 4.56. The second kappa shape index (κ2) is 10.6. The first-order chi connectivity index (χ1) is 19.9. The summed E-state index contributed by atoms with van der Waals surface area (Å²) in [5.74, 6) is 1.24. The van der Waals surface area contributed by atoms with Crippen LogP contribution in [0.15, 0.2) is 83.9 Å². The number of benzene rings is 3. The Morgan fingerprint density at radius 1 is 0.878 bits per heavy atom. The molecular formula is C29H23N7O5. The van der Waals surface area contributed by atoms with E-state index in [1.807, 2.05) is 53.1 Å². The number of ether oxygens (including phenoxy) is 1. The third-order valence-corrected chi connectivity index (χ3v) is 6.76. The number of methoxy groups -OCH3 is 1. The van der Waals surface area contributed by atoms with Crippen molar-refractivity contribution < 1.29 is 14.8 Å². The zero-order valence-electron chi connectivity index (χ0n) is 21.8. The Balaban J connectivity index is 1.52. The lowest BCUT2D eigenvalue weighted by atomic mass is 10.1. The Hall–Kier alpha value is -5.49. The molecule has 0 aliphatic carbocycles. The summed E-state index contributed by atoms with van der Waals surface area (Å²) < 4.78 is 8.52. The summed E-state index contributed by atoms with van der Waals surface area (Å²) in [5.41, 5.74) is 3.71. The topological polar surface area (TPSA) is 151 Å². The van der Waals surface area contributed by atoms with Crippen LogP contribution in [-0.2, 0) is 19.7 Å². The zero-order chi connectivity index (χ0) is 28.5. The van der Waals surface area contributed by atoms with Gasteiger partial charge in [-0.25, -0.2) is 19.7 Å². The highest BCUT2D eigenvalue weighted by molar-refractivity contribution is 5.86. The SMILES string of the molecule is COc1ccc(Cn2c3nc(-c4ccc([N+](=O)[O-])cc4)nc4c(ncn4Cc4ccc(CO)cc4)c-3nc2=O)cc1. The molecule has 0 radical (unpaired) electrons. The molecule has 4 aromatic rings. The highest BCUT2D eigenvalue weighted by Crippen LogP contribution is 2.28. The smallest absolute Gasteiger partial charge is 0.350 e. The molecule has 3 heterocycles. The number of aliphatic hydroxyl groups is 1. The molecule has 2 aliphatic rings.